The summed E-state index contributed by atoms with van der Waals surface area (Å²) < 4.78 is 27.3. The summed E-state index contributed by atoms with van der Waals surface area (Å²) in [6, 6.07) is 5.07. The van der Waals surface area contributed by atoms with E-state index in [0.717, 1.165) is 6.07 Å². The van der Waals surface area contributed by atoms with Crippen LogP contribution in [0.3, 0.4) is 0 Å². The number of hydrogen-bond donors (Lipinski definition) is 1. The SMILES string of the molecule is Nc1ccn(Cc2ccc(F)cc2F)n1. The molecule has 1 aromatic carbocycles. The highest BCUT2D eigenvalue weighted by Gasteiger charge is 2.04. The van der Waals surface area contributed by atoms with Crippen molar-refractivity contribution in [2.24, 2.45) is 0 Å². The average molecular weight is 209 g/mol. The summed E-state index contributed by atoms with van der Waals surface area (Å²) in [5.41, 5.74) is 5.78. The number of benzene rings is 1. The van der Waals surface area contributed by atoms with E-state index in [0.29, 0.717) is 11.4 Å². The first-order valence-corrected chi connectivity index (χ1v) is 4.38. The van der Waals surface area contributed by atoms with Crippen LogP contribution < -0.4 is 5.73 Å². The number of halogens is 2. The summed E-state index contributed by atoms with van der Waals surface area (Å²) in [6.45, 7) is 0.239. The minimum atomic E-state index is -0.587. The molecule has 0 atom stereocenters. The second-order valence-corrected chi connectivity index (χ2v) is 3.17. The van der Waals surface area contributed by atoms with E-state index >= 15 is 0 Å². The van der Waals surface area contributed by atoms with Gasteiger partial charge in [0.15, 0.2) is 0 Å². The van der Waals surface area contributed by atoms with Crippen molar-refractivity contribution < 1.29 is 8.78 Å². The molecule has 1 heterocycles. The zero-order valence-corrected chi connectivity index (χ0v) is 7.82. The minimum absolute atomic E-state index is 0.239. The molecule has 0 saturated carbocycles. The molecule has 78 valence electrons. The summed E-state index contributed by atoms with van der Waals surface area (Å²) in [5, 5.41) is 3.90. The van der Waals surface area contributed by atoms with Crippen LogP contribution in [0.15, 0.2) is 30.5 Å². The van der Waals surface area contributed by atoms with Crippen molar-refractivity contribution in [3.05, 3.63) is 47.7 Å². The Labute approximate surface area is 85.1 Å². The van der Waals surface area contributed by atoms with Crippen LogP contribution in [0, 0.1) is 11.6 Å². The Hall–Kier alpha value is -1.91. The fourth-order valence-corrected chi connectivity index (χ4v) is 1.29. The molecule has 15 heavy (non-hydrogen) atoms. The Morgan fingerprint density at radius 3 is 2.67 bits per heavy atom. The number of nitrogens with two attached hydrogens (primary N) is 1. The summed E-state index contributed by atoms with van der Waals surface area (Å²) in [4.78, 5) is 0. The van der Waals surface area contributed by atoms with Gasteiger partial charge in [-0.1, -0.05) is 6.07 Å². The van der Waals surface area contributed by atoms with Crippen LogP contribution in [0.5, 0.6) is 0 Å². The van der Waals surface area contributed by atoms with E-state index in [1.54, 1.807) is 12.3 Å². The van der Waals surface area contributed by atoms with E-state index < -0.39 is 11.6 Å². The van der Waals surface area contributed by atoms with Gasteiger partial charge in [-0.25, -0.2) is 8.78 Å². The van der Waals surface area contributed by atoms with E-state index in [-0.39, 0.29) is 6.54 Å². The normalized spacial score (nSPS) is 10.5. The van der Waals surface area contributed by atoms with Gasteiger partial charge in [-0.3, -0.25) is 4.68 Å². The van der Waals surface area contributed by atoms with Gasteiger partial charge in [0.1, 0.15) is 17.5 Å². The summed E-state index contributed by atoms with van der Waals surface area (Å²) in [5.74, 6) is -0.794. The molecule has 1 aromatic heterocycles. The standard InChI is InChI=1S/C10H9F2N3/c11-8-2-1-7(9(12)5-8)6-15-4-3-10(13)14-15/h1-5H,6H2,(H2,13,14). The third kappa shape index (κ3) is 2.12. The molecule has 0 fully saturated rings. The maximum absolute atomic E-state index is 13.2. The fraction of sp³-hybridized carbons (Fsp3) is 0.100. The third-order valence-electron chi connectivity index (χ3n) is 2.01. The molecule has 0 unspecified atom stereocenters. The Balaban J connectivity index is 2.24. The van der Waals surface area contributed by atoms with Gasteiger partial charge in [0, 0.05) is 17.8 Å². The zero-order chi connectivity index (χ0) is 10.8. The lowest BCUT2D eigenvalue weighted by Crippen LogP contribution is -2.03. The van der Waals surface area contributed by atoms with Crippen LogP contribution in [0.25, 0.3) is 0 Å². The van der Waals surface area contributed by atoms with Crippen molar-refractivity contribution in [2.45, 2.75) is 6.54 Å². The quantitative estimate of drug-likeness (QED) is 0.819. The van der Waals surface area contributed by atoms with E-state index in [4.69, 9.17) is 5.73 Å². The first-order chi connectivity index (χ1) is 7.15. The van der Waals surface area contributed by atoms with Gasteiger partial charge >= 0.3 is 0 Å². The molecule has 0 radical (unpaired) electrons. The number of aromatic nitrogens is 2. The first kappa shape index (κ1) is 9.64. The molecule has 0 spiro atoms. The second-order valence-electron chi connectivity index (χ2n) is 3.17. The number of hydrogen-bond acceptors (Lipinski definition) is 2. The van der Waals surface area contributed by atoms with Crippen molar-refractivity contribution in [2.75, 3.05) is 5.73 Å². The lowest BCUT2D eigenvalue weighted by atomic mass is 10.2. The molecule has 0 aliphatic rings. The molecule has 2 aromatic rings. The first-order valence-electron chi connectivity index (χ1n) is 4.38. The summed E-state index contributed by atoms with van der Waals surface area (Å²) in [7, 11) is 0. The lowest BCUT2D eigenvalue weighted by molar-refractivity contribution is 0.559. The van der Waals surface area contributed by atoms with Gasteiger partial charge in [-0.2, -0.15) is 5.10 Å². The topological polar surface area (TPSA) is 43.8 Å². The molecule has 3 nitrogen and oxygen atoms in total. The average Bonchev–Trinajstić information content (AvgIpc) is 2.56. The van der Waals surface area contributed by atoms with Crippen LogP contribution in [0.1, 0.15) is 5.56 Å². The van der Waals surface area contributed by atoms with Crippen LogP contribution in [0.2, 0.25) is 0 Å². The van der Waals surface area contributed by atoms with E-state index in [1.807, 2.05) is 0 Å². The van der Waals surface area contributed by atoms with E-state index in [9.17, 15) is 8.78 Å². The Bertz CT molecular complexity index is 479. The highest BCUT2D eigenvalue weighted by molar-refractivity contribution is 5.25. The molecule has 0 saturated heterocycles. The molecule has 2 N–H and O–H groups in total. The Morgan fingerprint density at radius 1 is 1.27 bits per heavy atom. The van der Waals surface area contributed by atoms with Gasteiger partial charge in [0.25, 0.3) is 0 Å². The zero-order valence-electron chi connectivity index (χ0n) is 7.82. The number of nitrogens with zero attached hydrogens (tertiary/aromatic N) is 2. The van der Waals surface area contributed by atoms with Crippen LogP contribution in [-0.4, -0.2) is 9.78 Å². The molecular weight excluding hydrogens is 200 g/mol. The van der Waals surface area contributed by atoms with Gasteiger partial charge < -0.3 is 5.73 Å². The lowest BCUT2D eigenvalue weighted by Gasteiger charge is -2.03. The van der Waals surface area contributed by atoms with Gasteiger partial charge in [0.2, 0.25) is 0 Å². The van der Waals surface area contributed by atoms with Gasteiger partial charge in [0.05, 0.1) is 6.54 Å². The second kappa shape index (κ2) is 3.68. The van der Waals surface area contributed by atoms with Gasteiger partial charge in [-0.05, 0) is 12.1 Å². The number of anilines is 1. The predicted octanol–water partition coefficient (Wildman–Crippen LogP) is 1.79. The van der Waals surface area contributed by atoms with Crippen molar-refractivity contribution >= 4 is 5.82 Å². The fourth-order valence-electron chi connectivity index (χ4n) is 1.29. The minimum Gasteiger partial charge on any atom is -0.382 e. The van der Waals surface area contributed by atoms with Crippen molar-refractivity contribution in [1.29, 1.82) is 0 Å². The number of rotatable bonds is 2. The molecule has 5 heteroatoms. The van der Waals surface area contributed by atoms with Crippen molar-refractivity contribution in [3.8, 4) is 0 Å². The molecule has 0 amide bonds. The molecule has 0 bridgehead atoms. The van der Waals surface area contributed by atoms with E-state index in [1.165, 1.54) is 16.8 Å². The van der Waals surface area contributed by atoms with E-state index in [2.05, 4.69) is 5.10 Å². The largest absolute Gasteiger partial charge is 0.382 e. The Kier molecular flexibility index (Phi) is 2.37. The molecule has 2 rings (SSSR count). The monoisotopic (exact) mass is 209 g/mol. The predicted molar refractivity (Wildman–Crippen MR) is 52.1 cm³/mol. The molecular formula is C10H9F2N3. The maximum atomic E-state index is 13.2. The summed E-state index contributed by atoms with van der Waals surface area (Å²) >= 11 is 0. The van der Waals surface area contributed by atoms with Crippen molar-refractivity contribution in [3.63, 3.8) is 0 Å². The highest BCUT2D eigenvalue weighted by Crippen LogP contribution is 2.11. The van der Waals surface area contributed by atoms with Crippen LogP contribution in [-0.2, 0) is 6.54 Å². The molecule has 0 aliphatic heterocycles. The van der Waals surface area contributed by atoms with Crippen LogP contribution in [0.4, 0.5) is 14.6 Å². The number of nitrogen functional groups attached to an aromatic ring is 1. The smallest absolute Gasteiger partial charge is 0.145 e. The Morgan fingerprint density at radius 2 is 2.07 bits per heavy atom. The maximum Gasteiger partial charge on any atom is 0.145 e. The third-order valence-corrected chi connectivity index (χ3v) is 2.01. The van der Waals surface area contributed by atoms with Gasteiger partial charge in [-0.15, -0.1) is 0 Å². The van der Waals surface area contributed by atoms with Crippen molar-refractivity contribution in [1.82, 2.24) is 9.78 Å². The van der Waals surface area contributed by atoms with Crippen LogP contribution >= 0.6 is 0 Å². The summed E-state index contributed by atoms with van der Waals surface area (Å²) in [6.07, 6.45) is 1.64. The molecule has 0 aliphatic carbocycles. The highest BCUT2D eigenvalue weighted by atomic mass is 19.1.